The first kappa shape index (κ1) is 10.6. The molecule has 0 fully saturated rings. The molecule has 5 heteroatoms. The maximum Gasteiger partial charge on any atom is 0.152 e. The van der Waals surface area contributed by atoms with Crippen LogP contribution < -0.4 is 0 Å². The summed E-state index contributed by atoms with van der Waals surface area (Å²) in [7, 11) is 0. The summed E-state index contributed by atoms with van der Waals surface area (Å²) in [6.45, 7) is 0. The number of rotatable bonds is 2. The van der Waals surface area contributed by atoms with E-state index in [0.29, 0.717) is 15.9 Å². The lowest BCUT2D eigenvalue weighted by atomic mass is 10.1. The number of benzene rings is 1. The second-order valence-electron chi connectivity index (χ2n) is 2.94. The smallest absolute Gasteiger partial charge is 0.152 e. The number of alkyl halides is 1. The molecule has 1 heterocycles. The first-order valence-corrected chi connectivity index (χ1v) is 5.50. The van der Waals surface area contributed by atoms with Crippen molar-refractivity contribution in [1.82, 2.24) is 5.16 Å². The summed E-state index contributed by atoms with van der Waals surface area (Å²) in [5.41, 5.74) is 1.41. The fourth-order valence-electron chi connectivity index (χ4n) is 1.20. The van der Waals surface area contributed by atoms with E-state index in [9.17, 15) is 4.39 Å². The predicted octanol–water partition coefficient (Wildman–Crippen LogP) is 3.98. The van der Waals surface area contributed by atoms with Crippen LogP contribution in [0.4, 0.5) is 4.39 Å². The van der Waals surface area contributed by atoms with Gasteiger partial charge in [0.25, 0.3) is 0 Å². The molecule has 2 nitrogen and oxygen atoms in total. The molecular formula is C10H6BrClFNO. The molecule has 0 unspecified atom stereocenters. The van der Waals surface area contributed by atoms with Gasteiger partial charge in [0, 0.05) is 16.1 Å². The van der Waals surface area contributed by atoms with Crippen molar-refractivity contribution in [1.29, 1.82) is 0 Å². The van der Waals surface area contributed by atoms with Crippen LogP contribution in [0.1, 0.15) is 5.76 Å². The molecule has 1 aromatic heterocycles. The minimum absolute atomic E-state index is 0.270. The first-order chi connectivity index (χ1) is 7.20. The Hall–Kier alpha value is -0.870. The quantitative estimate of drug-likeness (QED) is 0.782. The van der Waals surface area contributed by atoms with Crippen molar-refractivity contribution in [2.45, 2.75) is 5.88 Å². The van der Waals surface area contributed by atoms with E-state index < -0.39 is 0 Å². The zero-order valence-corrected chi connectivity index (χ0v) is 9.85. The molecule has 2 rings (SSSR count). The fourth-order valence-corrected chi connectivity index (χ4v) is 1.88. The summed E-state index contributed by atoms with van der Waals surface area (Å²) < 4.78 is 18.4. The largest absolute Gasteiger partial charge is 0.359 e. The third-order valence-electron chi connectivity index (χ3n) is 1.90. The van der Waals surface area contributed by atoms with Crippen LogP contribution in [-0.2, 0) is 5.88 Å². The molecule has 0 spiro atoms. The topological polar surface area (TPSA) is 26.0 Å². The number of hydrogen-bond acceptors (Lipinski definition) is 2. The summed E-state index contributed by atoms with van der Waals surface area (Å²) in [6.07, 6.45) is 0. The monoisotopic (exact) mass is 289 g/mol. The number of halogens is 3. The Bertz CT molecular complexity index is 486. The van der Waals surface area contributed by atoms with Gasteiger partial charge in [-0.3, -0.25) is 0 Å². The molecule has 1 aromatic carbocycles. The standard InChI is InChI=1S/C10H6BrClFNO/c11-9-3-6(13)1-2-8(9)10-4-7(5-12)15-14-10/h1-4H,5H2. The Morgan fingerprint density at radius 3 is 2.80 bits per heavy atom. The summed E-state index contributed by atoms with van der Waals surface area (Å²) in [5.74, 6) is 0.556. The second kappa shape index (κ2) is 4.33. The highest BCUT2D eigenvalue weighted by Crippen LogP contribution is 2.28. The van der Waals surface area contributed by atoms with Crippen molar-refractivity contribution in [2.24, 2.45) is 0 Å². The summed E-state index contributed by atoms with van der Waals surface area (Å²) >= 11 is 8.85. The highest BCUT2D eigenvalue weighted by molar-refractivity contribution is 9.10. The van der Waals surface area contributed by atoms with E-state index in [1.165, 1.54) is 12.1 Å². The number of hydrogen-bond donors (Lipinski definition) is 0. The molecule has 0 aliphatic heterocycles. The van der Waals surface area contributed by atoms with Crippen LogP contribution in [0.15, 0.2) is 33.3 Å². The van der Waals surface area contributed by atoms with Gasteiger partial charge in [-0.25, -0.2) is 4.39 Å². The van der Waals surface area contributed by atoms with Gasteiger partial charge in [-0.2, -0.15) is 0 Å². The predicted molar refractivity (Wildman–Crippen MR) is 59.2 cm³/mol. The molecule has 0 aliphatic rings. The molecule has 0 radical (unpaired) electrons. The highest BCUT2D eigenvalue weighted by atomic mass is 79.9. The summed E-state index contributed by atoms with van der Waals surface area (Å²) in [6, 6.07) is 6.11. The Morgan fingerprint density at radius 1 is 1.40 bits per heavy atom. The van der Waals surface area contributed by atoms with Crippen LogP contribution in [0.2, 0.25) is 0 Å². The lowest BCUT2D eigenvalue weighted by Gasteiger charge is -1.98. The maximum absolute atomic E-state index is 12.8. The Balaban J connectivity index is 2.44. The minimum Gasteiger partial charge on any atom is -0.359 e. The van der Waals surface area contributed by atoms with Crippen LogP contribution in [0.3, 0.4) is 0 Å². The number of nitrogens with zero attached hydrogens (tertiary/aromatic N) is 1. The third-order valence-corrected chi connectivity index (χ3v) is 2.82. The maximum atomic E-state index is 12.8. The van der Waals surface area contributed by atoms with Crippen molar-refractivity contribution >= 4 is 27.5 Å². The summed E-state index contributed by atoms with van der Waals surface area (Å²) in [5, 5.41) is 3.84. The molecule has 0 bridgehead atoms. The van der Waals surface area contributed by atoms with E-state index in [1.54, 1.807) is 12.1 Å². The van der Waals surface area contributed by atoms with Crippen LogP contribution in [0.5, 0.6) is 0 Å². The van der Waals surface area contributed by atoms with Crippen LogP contribution >= 0.6 is 27.5 Å². The number of aromatic nitrogens is 1. The van der Waals surface area contributed by atoms with Gasteiger partial charge in [-0.1, -0.05) is 5.16 Å². The molecule has 0 atom stereocenters. The van der Waals surface area contributed by atoms with E-state index in [-0.39, 0.29) is 11.7 Å². The molecule has 78 valence electrons. The molecule has 0 amide bonds. The van der Waals surface area contributed by atoms with Crippen molar-refractivity contribution in [3.8, 4) is 11.3 Å². The normalized spacial score (nSPS) is 10.6. The molecular weight excluding hydrogens is 284 g/mol. The Labute approximate surface area is 99.2 Å². The highest BCUT2D eigenvalue weighted by Gasteiger charge is 2.09. The van der Waals surface area contributed by atoms with E-state index in [2.05, 4.69) is 21.1 Å². The molecule has 0 saturated heterocycles. The second-order valence-corrected chi connectivity index (χ2v) is 4.06. The van der Waals surface area contributed by atoms with E-state index >= 15 is 0 Å². The van der Waals surface area contributed by atoms with Crippen molar-refractivity contribution in [3.05, 3.63) is 40.3 Å². The van der Waals surface area contributed by atoms with Gasteiger partial charge < -0.3 is 4.52 Å². The van der Waals surface area contributed by atoms with Crippen LogP contribution in [-0.4, -0.2) is 5.16 Å². The average Bonchev–Trinajstić information content (AvgIpc) is 2.66. The molecule has 2 aromatic rings. The SMILES string of the molecule is Fc1ccc(-c2cc(CCl)on2)c(Br)c1. The average molecular weight is 291 g/mol. The third kappa shape index (κ3) is 2.21. The lowest BCUT2D eigenvalue weighted by Crippen LogP contribution is -1.81. The molecule has 15 heavy (non-hydrogen) atoms. The van der Waals surface area contributed by atoms with Crippen molar-refractivity contribution in [3.63, 3.8) is 0 Å². The van der Waals surface area contributed by atoms with E-state index in [1.807, 2.05) is 0 Å². The van der Waals surface area contributed by atoms with Gasteiger partial charge >= 0.3 is 0 Å². The van der Waals surface area contributed by atoms with Crippen LogP contribution in [0.25, 0.3) is 11.3 Å². The zero-order chi connectivity index (χ0) is 10.8. The first-order valence-electron chi connectivity index (χ1n) is 4.17. The van der Waals surface area contributed by atoms with E-state index in [4.69, 9.17) is 16.1 Å². The molecule has 0 N–H and O–H groups in total. The van der Waals surface area contributed by atoms with Gasteiger partial charge in [-0.05, 0) is 34.1 Å². The van der Waals surface area contributed by atoms with Gasteiger partial charge in [0.15, 0.2) is 5.76 Å². The Morgan fingerprint density at radius 2 is 2.20 bits per heavy atom. The zero-order valence-electron chi connectivity index (χ0n) is 7.51. The van der Waals surface area contributed by atoms with E-state index in [0.717, 1.165) is 5.56 Å². The Kier molecular flexibility index (Phi) is 3.07. The van der Waals surface area contributed by atoms with Gasteiger partial charge in [-0.15, -0.1) is 11.6 Å². The molecule has 0 saturated carbocycles. The summed E-state index contributed by atoms with van der Waals surface area (Å²) in [4.78, 5) is 0. The van der Waals surface area contributed by atoms with Crippen molar-refractivity contribution < 1.29 is 8.91 Å². The molecule has 0 aliphatic carbocycles. The van der Waals surface area contributed by atoms with Gasteiger partial charge in [0.2, 0.25) is 0 Å². The van der Waals surface area contributed by atoms with Gasteiger partial charge in [0.05, 0.1) is 5.88 Å². The van der Waals surface area contributed by atoms with Crippen LogP contribution in [0, 0.1) is 5.82 Å². The fraction of sp³-hybridized carbons (Fsp3) is 0.100. The van der Waals surface area contributed by atoms with Crippen molar-refractivity contribution in [2.75, 3.05) is 0 Å². The van der Waals surface area contributed by atoms with Gasteiger partial charge in [0.1, 0.15) is 11.5 Å². The minimum atomic E-state index is -0.299. The lowest BCUT2D eigenvalue weighted by molar-refractivity contribution is 0.396.